The fraction of sp³-hybridized carbons (Fsp3) is 0.333. The zero-order valence-corrected chi connectivity index (χ0v) is 16.0. The lowest BCUT2D eigenvalue weighted by molar-refractivity contribution is 0.0921. The molecule has 4 rings (SSSR count). The van der Waals surface area contributed by atoms with Crippen LogP contribution in [0.5, 0.6) is 0 Å². The number of hydrogen-bond donors (Lipinski definition) is 1. The van der Waals surface area contributed by atoms with Crippen molar-refractivity contribution in [3.8, 4) is 0 Å². The van der Waals surface area contributed by atoms with Gasteiger partial charge in [-0.15, -0.1) is 0 Å². The predicted molar refractivity (Wildman–Crippen MR) is 103 cm³/mol. The van der Waals surface area contributed by atoms with Crippen LogP contribution < -0.4 is 10.2 Å². The zero-order chi connectivity index (χ0) is 18.1. The number of halogens is 1. The van der Waals surface area contributed by atoms with Crippen molar-refractivity contribution in [2.45, 2.75) is 18.9 Å². The summed E-state index contributed by atoms with van der Waals surface area (Å²) < 4.78 is 2.61. The SMILES string of the molecule is Cn1nccc1C(=O)NC1CCN(c2ncc3cc(Br)ccc3n2)CC1. The number of aromatic nitrogens is 4. The highest BCUT2D eigenvalue weighted by atomic mass is 79.9. The maximum absolute atomic E-state index is 12.3. The number of nitrogens with zero attached hydrogens (tertiary/aromatic N) is 5. The standard InChI is InChI=1S/C18H19BrN6O/c1-24-16(4-7-21-24)17(26)22-14-5-8-25(9-6-14)18-20-11-12-10-13(19)2-3-15(12)23-18/h2-4,7,10-11,14H,5-6,8-9H2,1H3,(H,22,26). The molecule has 3 aromatic rings. The molecule has 0 bridgehead atoms. The molecule has 3 heterocycles. The van der Waals surface area contributed by atoms with E-state index >= 15 is 0 Å². The van der Waals surface area contributed by atoms with Crippen LogP contribution in [-0.4, -0.2) is 44.8 Å². The van der Waals surface area contributed by atoms with E-state index in [1.807, 2.05) is 24.4 Å². The van der Waals surface area contributed by atoms with Gasteiger partial charge >= 0.3 is 0 Å². The highest BCUT2D eigenvalue weighted by Gasteiger charge is 2.23. The number of anilines is 1. The lowest BCUT2D eigenvalue weighted by Crippen LogP contribution is -2.45. The minimum atomic E-state index is -0.0732. The molecule has 2 aromatic heterocycles. The largest absolute Gasteiger partial charge is 0.348 e. The highest BCUT2D eigenvalue weighted by molar-refractivity contribution is 9.10. The number of piperidine rings is 1. The van der Waals surface area contributed by atoms with Crippen LogP contribution in [0.25, 0.3) is 10.9 Å². The van der Waals surface area contributed by atoms with Crippen molar-refractivity contribution in [2.75, 3.05) is 18.0 Å². The van der Waals surface area contributed by atoms with Crippen molar-refractivity contribution in [3.63, 3.8) is 0 Å². The van der Waals surface area contributed by atoms with E-state index in [1.165, 1.54) is 0 Å². The van der Waals surface area contributed by atoms with Gasteiger partial charge in [0.25, 0.3) is 5.91 Å². The summed E-state index contributed by atoms with van der Waals surface area (Å²) in [5, 5.41) is 8.15. The molecule has 1 amide bonds. The third-order valence-electron chi connectivity index (χ3n) is 4.70. The first-order valence-electron chi connectivity index (χ1n) is 8.56. The Kier molecular flexibility index (Phi) is 4.58. The predicted octanol–water partition coefficient (Wildman–Crippen LogP) is 2.52. The number of carbonyl (C=O) groups excluding carboxylic acids is 1. The van der Waals surface area contributed by atoms with Crippen LogP contribution in [0.3, 0.4) is 0 Å². The van der Waals surface area contributed by atoms with Crippen molar-refractivity contribution < 1.29 is 4.79 Å². The van der Waals surface area contributed by atoms with Crippen LogP contribution in [0.1, 0.15) is 23.3 Å². The molecule has 0 radical (unpaired) electrons. The summed E-state index contributed by atoms with van der Waals surface area (Å²) in [6, 6.07) is 7.88. The molecule has 8 heteroatoms. The molecule has 0 atom stereocenters. The number of rotatable bonds is 3. The minimum absolute atomic E-state index is 0.0732. The number of fused-ring (bicyclic) bond motifs is 1. The summed E-state index contributed by atoms with van der Waals surface area (Å²) in [4.78, 5) is 23.7. The molecule has 1 aliphatic rings. The van der Waals surface area contributed by atoms with E-state index in [-0.39, 0.29) is 11.9 Å². The number of carbonyl (C=O) groups is 1. The smallest absolute Gasteiger partial charge is 0.269 e. The average Bonchev–Trinajstić information content (AvgIpc) is 3.08. The zero-order valence-electron chi connectivity index (χ0n) is 14.4. The van der Waals surface area contributed by atoms with Gasteiger partial charge in [0.1, 0.15) is 5.69 Å². The Morgan fingerprint density at radius 3 is 2.81 bits per heavy atom. The second kappa shape index (κ2) is 7.03. The molecule has 1 N–H and O–H groups in total. The first-order chi connectivity index (χ1) is 12.6. The Hall–Kier alpha value is -2.48. The highest BCUT2D eigenvalue weighted by Crippen LogP contribution is 2.22. The number of aryl methyl sites for hydroxylation is 1. The molecule has 7 nitrogen and oxygen atoms in total. The van der Waals surface area contributed by atoms with Crippen LogP contribution in [0.4, 0.5) is 5.95 Å². The Labute approximate surface area is 159 Å². The van der Waals surface area contributed by atoms with E-state index in [2.05, 4.69) is 41.2 Å². The van der Waals surface area contributed by atoms with Gasteiger partial charge < -0.3 is 10.2 Å². The van der Waals surface area contributed by atoms with Crippen molar-refractivity contribution >= 4 is 38.7 Å². The second-order valence-electron chi connectivity index (χ2n) is 6.45. The number of benzene rings is 1. The molecule has 0 unspecified atom stereocenters. The van der Waals surface area contributed by atoms with Gasteiger partial charge in [0.2, 0.25) is 5.95 Å². The van der Waals surface area contributed by atoms with E-state index in [9.17, 15) is 4.79 Å². The van der Waals surface area contributed by atoms with Crippen LogP contribution in [0.2, 0.25) is 0 Å². The van der Waals surface area contributed by atoms with Gasteiger partial charge in [-0.25, -0.2) is 9.97 Å². The van der Waals surface area contributed by atoms with Gasteiger partial charge in [-0.05, 0) is 37.1 Å². The van der Waals surface area contributed by atoms with Crippen molar-refractivity contribution in [3.05, 3.63) is 46.8 Å². The Morgan fingerprint density at radius 2 is 2.08 bits per heavy atom. The average molecular weight is 415 g/mol. The summed E-state index contributed by atoms with van der Waals surface area (Å²) in [6.07, 6.45) is 5.22. The molecule has 1 aromatic carbocycles. The van der Waals surface area contributed by atoms with E-state index in [0.29, 0.717) is 5.69 Å². The van der Waals surface area contributed by atoms with Crippen molar-refractivity contribution in [1.29, 1.82) is 0 Å². The topological polar surface area (TPSA) is 75.9 Å². The lowest BCUT2D eigenvalue weighted by atomic mass is 10.1. The van der Waals surface area contributed by atoms with E-state index in [4.69, 9.17) is 0 Å². The molecule has 134 valence electrons. The van der Waals surface area contributed by atoms with Crippen LogP contribution in [-0.2, 0) is 7.05 Å². The maximum atomic E-state index is 12.3. The summed E-state index contributed by atoms with van der Waals surface area (Å²) in [6.45, 7) is 1.64. The third kappa shape index (κ3) is 3.41. The number of nitrogens with one attached hydrogen (secondary N) is 1. The van der Waals surface area contributed by atoms with Gasteiger partial charge in [-0.3, -0.25) is 9.48 Å². The molecule has 1 saturated heterocycles. The normalized spacial score (nSPS) is 15.4. The van der Waals surface area contributed by atoms with E-state index in [0.717, 1.165) is 47.3 Å². The van der Waals surface area contributed by atoms with Gasteiger partial charge in [0, 0.05) is 48.4 Å². The Bertz CT molecular complexity index is 948. The number of amides is 1. The fourth-order valence-electron chi connectivity index (χ4n) is 3.23. The fourth-order valence-corrected chi connectivity index (χ4v) is 3.61. The molecule has 26 heavy (non-hydrogen) atoms. The molecule has 1 aliphatic heterocycles. The molecule has 1 fully saturated rings. The van der Waals surface area contributed by atoms with Crippen molar-refractivity contribution in [2.24, 2.45) is 7.05 Å². The van der Waals surface area contributed by atoms with Gasteiger partial charge in [0.15, 0.2) is 0 Å². The molecule has 0 aliphatic carbocycles. The Morgan fingerprint density at radius 1 is 1.27 bits per heavy atom. The van der Waals surface area contributed by atoms with E-state index < -0.39 is 0 Å². The first kappa shape index (κ1) is 17.0. The van der Waals surface area contributed by atoms with Gasteiger partial charge in [-0.1, -0.05) is 15.9 Å². The van der Waals surface area contributed by atoms with Crippen molar-refractivity contribution in [1.82, 2.24) is 25.1 Å². The second-order valence-corrected chi connectivity index (χ2v) is 7.36. The van der Waals surface area contributed by atoms with Crippen LogP contribution >= 0.6 is 15.9 Å². The summed E-state index contributed by atoms with van der Waals surface area (Å²) >= 11 is 3.47. The molecule has 0 saturated carbocycles. The molecule has 0 spiro atoms. The summed E-state index contributed by atoms with van der Waals surface area (Å²) in [5.74, 6) is 0.673. The van der Waals surface area contributed by atoms with Gasteiger partial charge in [0.05, 0.1) is 5.52 Å². The lowest BCUT2D eigenvalue weighted by Gasteiger charge is -2.32. The summed E-state index contributed by atoms with van der Waals surface area (Å²) in [5.41, 5.74) is 1.52. The Balaban J connectivity index is 1.39. The van der Waals surface area contributed by atoms with Crippen LogP contribution in [0, 0.1) is 0 Å². The number of hydrogen-bond acceptors (Lipinski definition) is 5. The quantitative estimate of drug-likeness (QED) is 0.712. The third-order valence-corrected chi connectivity index (χ3v) is 5.19. The van der Waals surface area contributed by atoms with E-state index in [1.54, 1.807) is 24.0 Å². The monoisotopic (exact) mass is 414 g/mol. The maximum Gasteiger partial charge on any atom is 0.269 e. The molecular formula is C18H19BrN6O. The molecular weight excluding hydrogens is 396 g/mol. The minimum Gasteiger partial charge on any atom is -0.348 e. The van der Waals surface area contributed by atoms with Crippen LogP contribution in [0.15, 0.2) is 41.1 Å². The summed E-state index contributed by atoms with van der Waals surface area (Å²) in [7, 11) is 1.77. The first-order valence-corrected chi connectivity index (χ1v) is 9.35. The van der Waals surface area contributed by atoms with Gasteiger partial charge in [-0.2, -0.15) is 5.10 Å².